The molecule has 0 bridgehead atoms. The van der Waals surface area contributed by atoms with Crippen LogP contribution in [0.25, 0.3) is 0 Å². The molecular formula is C15H23NO3. The van der Waals surface area contributed by atoms with E-state index in [9.17, 15) is 4.79 Å². The van der Waals surface area contributed by atoms with Gasteiger partial charge in [-0.2, -0.15) is 0 Å². The Balaban J connectivity index is 2.20. The fourth-order valence-corrected chi connectivity index (χ4v) is 1.54. The molecule has 0 aliphatic rings. The van der Waals surface area contributed by atoms with Gasteiger partial charge in [0.05, 0.1) is 18.8 Å². The van der Waals surface area contributed by atoms with Crippen molar-refractivity contribution in [3.8, 4) is 5.75 Å². The first-order chi connectivity index (χ1) is 8.93. The lowest BCUT2D eigenvalue weighted by Gasteiger charge is -2.23. The second kappa shape index (κ2) is 7.14. The van der Waals surface area contributed by atoms with Crippen LogP contribution in [0.4, 0.5) is 0 Å². The van der Waals surface area contributed by atoms with Crippen LogP contribution in [0.1, 0.15) is 32.3 Å². The highest BCUT2D eigenvalue weighted by atomic mass is 16.5. The molecule has 0 aromatic heterocycles. The van der Waals surface area contributed by atoms with Crippen LogP contribution in [0.15, 0.2) is 24.3 Å². The van der Waals surface area contributed by atoms with Gasteiger partial charge in [-0.25, -0.2) is 0 Å². The maximum absolute atomic E-state index is 11.6. The van der Waals surface area contributed by atoms with Crippen LogP contribution in [0.3, 0.4) is 0 Å². The molecule has 0 spiro atoms. The molecule has 0 saturated carbocycles. The molecule has 0 heterocycles. The number of aliphatic hydroxyl groups is 1. The lowest BCUT2D eigenvalue weighted by molar-refractivity contribution is -0.123. The molecule has 1 amide bonds. The van der Waals surface area contributed by atoms with Gasteiger partial charge in [-0.05, 0) is 39.3 Å². The minimum absolute atomic E-state index is 0.0634. The molecule has 1 rings (SSSR count). The maximum Gasteiger partial charge on any atom is 0.220 e. The second-order valence-corrected chi connectivity index (χ2v) is 5.36. The van der Waals surface area contributed by atoms with Crippen molar-refractivity contribution in [2.75, 3.05) is 13.2 Å². The number of carbonyl (C=O) groups excluding carboxylic acids is 1. The van der Waals surface area contributed by atoms with E-state index >= 15 is 0 Å². The number of rotatable bonds is 7. The van der Waals surface area contributed by atoms with Gasteiger partial charge in [0.1, 0.15) is 5.75 Å². The van der Waals surface area contributed by atoms with E-state index in [-0.39, 0.29) is 12.5 Å². The Morgan fingerprint density at radius 1 is 1.32 bits per heavy atom. The molecule has 4 heteroatoms. The summed E-state index contributed by atoms with van der Waals surface area (Å²) < 4.78 is 5.54. The van der Waals surface area contributed by atoms with Crippen LogP contribution in [0, 0.1) is 6.92 Å². The summed E-state index contributed by atoms with van der Waals surface area (Å²) in [7, 11) is 0. The van der Waals surface area contributed by atoms with E-state index in [0.717, 1.165) is 5.75 Å². The summed E-state index contributed by atoms with van der Waals surface area (Å²) in [5.41, 5.74) is 0.632. The van der Waals surface area contributed by atoms with Crippen molar-refractivity contribution in [2.45, 2.75) is 39.2 Å². The van der Waals surface area contributed by atoms with Crippen molar-refractivity contribution in [3.05, 3.63) is 29.8 Å². The van der Waals surface area contributed by atoms with Gasteiger partial charge in [0.25, 0.3) is 0 Å². The zero-order valence-corrected chi connectivity index (χ0v) is 11.9. The monoisotopic (exact) mass is 265 g/mol. The third kappa shape index (κ3) is 6.25. The Morgan fingerprint density at radius 3 is 2.53 bits per heavy atom. The van der Waals surface area contributed by atoms with Crippen LogP contribution in [-0.4, -0.2) is 29.8 Å². The fraction of sp³-hybridized carbons (Fsp3) is 0.533. The summed E-state index contributed by atoms with van der Waals surface area (Å²) in [6.45, 7) is 6.03. The Morgan fingerprint density at radius 2 is 1.95 bits per heavy atom. The first kappa shape index (κ1) is 15.5. The Labute approximate surface area is 114 Å². The van der Waals surface area contributed by atoms with Gasteiger partial charge in [-0.3, -0.25) is 4.79 Å². The normalized spacial score (nSPS) is 11.2. The minimum Gasteiger partial charge on any atom is -0.494 e. The Kier molecular flexibility index (Phi) is 5.83. The molecule has 0 aliphatic carbocycles. The zero-order chi connectivity index (χ0) is 14.3. The maximum atomic E-state index is 11.6. The molecule has 4 nitrogen and oxygen atoms in total. The fourth-order valence-electron chi connectivity index (χ4n) is 1.54. The molecule has 0 radical (unpaired) electrons. The van der Waals surface area contributed by atoms with Crippen molar-refractivity contribution in [3.63, 3.8) is 0 Å². The summed E-state index contributed by atoms with van der Waals surface area (Å²) >= 11 is 0. The van der Waals surface area contributed by atoms with Crippen molar-refractivity contribution in [1.29, 1.82) is 0 Å². The standard InChI is InChI=1S/C15H23NO3/c1-12-6-8-13(9-7-12)19-10-4-5-14(18)16-15(2,3)11-17/h6-9,17H,4-5,10-11H2,1-3H3,(H,16,18). The van der Waals surface area contributed by atoms with Crippen LogP contribution >= 0.6 is 0 Å². The average molecular weight is 265 g/mol. The molecule has 19 heavy (non-hydrogen) atoms. The number of ether oxygens (including phenoxy) is 1. The number of aliphatic hydroxyl groups excluding tert-OH is 1. The third-order valence-corrected chi connectivity index (χ3v) is 2.71. The van der Waals surface area contributed by atoms with Crippen molar-refractivity contribution < 1.29 is 14.6 Å². The van der Waals surface area contributed by atoms with E-state index in [0.29, 0.717) is 19.4 Å². The number of carbonyl (C=O) groups is 1. The van der Waals surface area contributed by atoms with Crippen LogP contribution in [0.5, 0.6) is 5.75 Å². The lowest BCUT2D eigenvalue weighted by Crippen LogP contribution is -2.46. The molecule has 2 N–H and O–H groups in total. The van der Waals surface area contributed by atoms with E-state index in [2.05, 4.69) is 5.32 Å². The molecule has 0 aliphatic heterocycles. The van der Waals surface area contributed by atoms with Gasteiger partial charge in [0, 0.05) is 6.42 Å². The van der Waals surface area contributed by atoms with E-state index in [1.165, 1.54) is 5.56 Å². The topological polar surface area (TPSA) is 58.6 Å². The highest BCUT2D eigenvalue weighted by Crippen LogP contribution is 2.11. The molecule has 1 aromatic rings. The summed E-state index contributed by atoms with van der Waals surface area (Å²) in [5.74, 6) is 0.758. The number of amides is 1. The smallest absolute Gasteiger partial charge is 0.220 e. The summed E-state index contributed by atoms with van der Waals surface area (Å²) in [5, 5.41) is 11.8. The van der Waals surface area contributed by atoms with E-state index in [4.69, 9.17) is 9.84 Å². The predicted octanol–water partition coefficient (Wildman–Crippen LogP) is 2.04. The van der Waals surface area contributed by atoms with Gasteiger partial charge in [-0.1, -0.05) is 17.7 Å². The third-order valence-electron chi connectivity index (χ3n) is 2.71. The van der Waals surface area contributed by atoms with E-state index in [1.54, 1.807) is 13.8 Å². The molecule has 0 atom stereocenters. The van der Waals surface area contributed by atoms with E-state index < -0.39 is 5.54 Å². The molecule has 0 fully saturated rings. The molecule has 0 unspecified atom stereocenters. The van der Waals surface area contributed by atoms with Gasteiger partial charge < -0.3 is 15.2 Å². The van der Waals surface area contributed by atoms with Crippen LogP contribution < -0.4 is 10.1 Å². The SMILES string of the molecule is Cc1ccc(OCCCC(=O)NC(C)(C)CO)cc1. The summed E-state index contributed by atoms with van der Waals surface area (Å²) in [6.07, 6.45) is 1.05. The van der Waals surface area contributed by atoms with Crippen LogP contribution in [0.2, 0.25) is 0 Å². The quantitative estimate of drug-likeness (QED) is 0.742. The van der Waals surface area contributed by atoms with Crippen molar-refractivity contribution in [2.24, 2.45) is 0 Å². The van der Waals surface area contributed by atoms with Crippen molar-refractivity contribution >= 4 is 5.91 Å². The van der Waals surface area contributed by atoms with Gasteiger partial charge in [0.2, 0.25) is 5.91 Å². The Hall–Kier alpha value is -1.55. The molecule has 106 valence electrons. The largest absolute Gasteiger partial charge is 0.494 e. The zero-order valence-electron chi connectivity index (χ0n) is 11.9. The molecule has 1 aromatic carbocycles. The predicted molar refractivity (Wildman–Crippen MR) is 75.2 cm³/mol. The highest BCUT2D eigenvalue weighted by molar-refractivity contribution is 5.76. The van der Waals surface area contributed by atoms with E-state index in [1.807, 2.05) is 31.2 Å². The van der Waals surface area contributed by atoms with Gasteiger partial charge in [-0.15, -0.1) is 0 Å². The number of benzene rings is 1. The highest BCUT2D eigenvalue weighted by Gasteiger charge is 2.18. The molecular weight excluding hydrogens is 242 g/mol. The first-order valence-electron chi connectivity index (χ1n) is 6.54. The number of aryl methyl sites for hydroxylation is 1. The summed E-state index contributed by atoms with van der Waals surface area (Å²) in [6, 6.07) is 7.83. The van der Waals surface area contributed by atoms with Crippen LogP contribution in [-0.2, 0) is 4.79 Å². The first-order valence-corrected chi connectivity index (χ1v) is 6.54. The number of hydrogen-bond donors (Lipinski definition) is 2. The van der Waals surface area contributed by atoms with Gasteiger partial charge in [0.15, 0.2) is 0 Å². The Bertz CT molecular complexity index is 398. The second-order valence-electron chi connectivity index (χ2n) is 5.36. The minimum atomic E-state index is -0.561. The lowest BCUT2D eigenvalue weighted by atomic mass is 10.1. The average Bonchev–Trinajstić information content (AvgIpc) is 2.36. The summed E-state index contributed by atoms with van der Waals surface area (Å²) in [4.78, 5) is 11.6. The van der Waals surface area contributed by atoms with Crippen molar-refractivity contribution in [1.82, 2.24) is 5.32 Å². The number of hydrogen-bond acceptors (Lipinski definition) is 3. The van der Waals surface area contributed by atoms with Gasteiger partial charge >= 0.3 is 0 Å². The molecule has 0 saturated heterocycles. The number of nitrogens with one attached hydrogen (secondary N) is 1.